The third kappa shape index (κ3) is 2.92. The predicted octanol–water partition coefficient (Wildman–Crippen LogP) is 4.12. The van der Waals surface area contributed by atoms with Gasteiger partial charge in [0.15, 0.2) is 5.78 Å². The maximum atomic E-state index is 12.7. The second-order valence-electron chi connectivity index (χ2n) is 6.29. The molecule has 2 aromatic carbocycles. The first-order valence-electron chi connectivity index (χ1n) is 8.26. The molecule has 0 aliphatic rings. The largest absolute Gasteiger partial charge is 0.506 e. The number of nitrogens with one attached hydrogen (secondary N) is 1. The smallest absolute Gasteiger partial charge is 0.261 e. The Morgan fingerprint density at radius 1 is 1.07 bits per heavy atom. The number of aryl methyl sites for hydroxylation is 1. The maximum absolute atomic E-state index is 12.7. The lowest BCUT2D eigenvalue weighted by atomic mass is 10.0. The van der Waals surface area contributed by atoms with Crippen LogP contribution in [0.1, 0.15) is 15.9 Å². The topological polar surface area (TPSA) is 75.1 Å². The van der Waals surface area contributed by atoms with Gasteiger partial charge in [-0.2, -0.15) is 0 Å². The van der Waals surface area contributed by atoms with Crippen LogP contribution in [0.3, 0.4) is 0 Å². The zero-order chi connectivity index (χ0) is 19.1. The Labute approximate surface area is 159 Å². The van der Waals surface area contributed by atoms with Crippen LogP contribution in [-0.2, 0) is 7.05 Å². The molecular formula is C21H15ClN2O3. The summed E-state index contributed by atoms with van der Waals surface area (Å²) >= 11 is 5.96. The summed E-state index contributed by atoms with van der Waals surface area (Å²) in [5, 5.41) is 11.6. The number of pyridine rings is 1. The molecule has 0 bridgehead atoms. The van der Waals surface area contributed by atoms with E-state index in [1.54, 1.807) is 66.3 Å². The molecule has 134 valence electrons. The fourth-order valence-corrected chi connectivity index (χ4v) is 3.36. The monoisotopic (exact) mass is 378 g/mol. The number of H-pyrrole nitrogens is 1. The summed E-state index contributed by atoms with van der Waals surface area (Å²) < 4.78 is 1.65. The number of benzene rings is 2. The van der Waals surface area contributed by atoms with Gasteiger partial charge in [-0.25, -0.2) is 0 Å². The maximum Gasteiger partial charge on any atom is 0.261 e. The molecule has 0 amide bonds. The lowest BCUT2D eigenvalue weighted by molar-refractivity contribution is 0.103. The highest BCUT2D eigenvalue weighted by molar-refractivity contribution is 6.31. The molecule has 0 saturated carbocycles. The van der Waals surface area contributed by atoms with Crippen molar-refractivity contribution >= 4 is 28.3 Å². The Bertz CT molecular complexity index is 1240. The zero-order valence-electron chi connectivity index (χ0n) is 14.4. The Balaban J connectivity index is 1.88. The highest BCUT2D eigenvalue weighted by Gasteiger charge is 2.20. The van der Waals surface area contributed by atoms with Gasteiger partial charge in [0.25, 0.3) is 5.56 Å². The van der Waals surface area contributed by atoms with E-state index in [9.17, 15) is 14.7 Å². The van der Waals surface area contributed by atoms with E-state index in [0.29, 0.717) is 32.7 Å². The summed E-state index contributed by atoms with van der Waals surface area (Å²) in [7, 11) is 1.72. The van der Waals surface area contributed by atoms with E-state index >= 15 is 0 Å². The molecule has 4 aromatic rings. The number of fused-ring (bicyclic) bond motifs is 1. The van der Waals surface area contributed by atoms with Gasteiger partial charge in [-0.05, 0) is 24.3 Å². The second-order valence-corrected chi connectivity index (χ2v) is 6.72. The SMILES string of the molecule is Cn1cc(C(=O)c2ccccc2)cc1-c1c(O)c2ccc(Cl)cc2[nH]c1=O. The quantitative estimate of drug-likeness (QED) is 0.526. The fraction of sp³-hybridized carbons (Fsp3) is 0.0476. The van der Waals surface area contributed by atoms with Crippen molar-refractivity contribution < 1.29 is 9.90 Å². The summed E-state index contributed by atoms with van der Waals surface area (Å²) in [6.45, 7) is 0. The summed E-state index contributed by atoms with van der Waals surface area (Å²) in [5.74, 6) is -0.300. The van der Waals surface area contributed by atoms with Gasteiger partial charge in [0, 0.05) is 34.8 Å². The van der Waals surface area contributed by atoms with Gasteiger partial charge < -0.3 is 14.7 Å². The van der Waals surface area contributed by atoms with Crippen molar-refractivity contribution in [1.29, 1.82) is 0 Å². The first-order chi connectivity index (χ1) is 13.0. The molecule has 4 rings (SSSR count). The van der Waals surface area contributed by atoms with Crippen LogP contribution in [0.5, 0.6) is 5.75 Å². The summed E-state index contributed by atoms with van der Waals surface area (Å²) in [6, 6.07) is 15.4. The lowest BCUT2D eigenvalue weighted by Crippen LogP contribution is -2.11. The van der Waals surface area contributed by atoms with E-state index in [1.165, 1.54) is 0 Å². The molecule has 0 radical (unpaired) electrons. The Morgan fingerprint density at radius 3 is 2.56 bits per heavy atom. The molecule has 2 aromatic heterocycles. The first kappa shape index (κ1) is 17.1. The standard InChI is InChI=1S/C21H15ClN2O3/c1-24-11-13(19(25)12-5-3-2-4-6-12)9-17(24)18-20(26)15-8-7-14(22)10-16(15)23-21(18)27/h2-11H,1H3,(H2,23,26,27). The third-order valence-electron chi connectivity index (χ3n) is 4.51. The van der Waals surface area contributed by atoms with Crippen LogP contribution in [0, 0.1) is 0 Å². The van der Waals surface area contributed by atoms with E-state index in [2.05, 4.69) is 4.98 Å². The third-order valence-corrected chi connectivity index (χ3v) is 4.74. The first-order valence-corrected chi connectivity index (χ1v) is 8.64. The number of aromatic hydroxyl groups is 1. The molecule has 0 fully saturated rings. The molecule has 2 N–H and O–H groups in total. The fourth-order valence-electron chi connectivity index (χ4n) is 3.18. The van der Waals surface area contributed by atoms with Crippen LogP contribution in [0.25, 0.3) is 22.2 Å². The number of aromatic amines is 1. The molecule has 0 unspecified atom stereocenters. The van der Waals surface area contributed by atoms with Crippen LogP contribution in [0.4, 0.5) is 0 Å². The lowest BCUT2D eigenvalue weighted by Gasteiger charge is -2.08. The van der Waals surface area contributed by atoms with Gasteiger partial charge in [0.2, 0.25) is 0 Å². The van der Waals surface area contributed by atoms with E-state index < -0.39 is 5.56 Å². The van der Waals surface area contributed by atoms with E-state index in [-0.39, 0.29) is 17.1 Å². The zero-order valence-corrected chi connectivity index (χ0v) is 15.1. The van der Waals surface area contributed by atoms with Gasteiger partial charge in [0.05, 0.1) is 11.2 Å². The number of nitrogens with zero attached hydrogens (tertiary/aromatic N) is 1. The van der Waals surface area contributed by atoms with Crippen LogP contribution in [0.15, 0.2) is 65.6 Å². The molecule has 2 heterocycles. The average molecular weight is 379 g/mol. The van der Waals surface area contributed by atoms with Crippen molar-refractivity contribution in [1.82, 2.24) is 9.55 Å². The van der Waals surface area contributed by atoms with Gasteiger partial charge in [-0.15, -0.1) is 0 Å². The Morgan fingerprint density at radius 2 is 1.81 bits per heavy atom. The molecule has 5 nitrogen and oxygen atoms in total. The molecular weight excluding hydrogens is 364 g/mol. The number of aromatic nitrogens is 2. The van der Waals surface area contributed by atoms with Crippen LogP contribution < -0.4 is 5.56 Å². The van der Waals surface area contributed by atoms with Crippen molar-refractivity contribution in [2.24, 2.45) is 7.05 Å². The Hall–Kier alpha value is -3.31. The van der Waals surface area contributed by atoms with Crippen LogP contribution in [0.2, 0.25) is 5.02 Å². The number of ketones is 1. The highest BCUT2D eigenvalue weighted by atomic mass is 35.5. The summed E-state index contributed by atoms with van der Waals surface area (Å²) in [5.41, 5.74) is 1.55. The van der Waals surface area contributed by atoms with Crippen molar-refractivity contribution in [3.05, 3.63) is 87.3 Å². The Kier molecular flexibility index (Phi) is 4.09. The molecule has 0 aliphatic carbocycles. The highest BCUT2D eigenvalue weighted by Crippen LogP contribution is 2.33. The molecule has 0 spiro atoms. The molecule has 0 atom stereocenters. The number of hydrogen-bond acceptors (Lipinski definition) is 3. The number of hydrogen-bond donors (Lipinski definition) is 2. The van der Waals surface area contributed by atoms with E-state index in [4.69, 9.17) is 11.6 Å². The van der Waals surface area contributed by atoms with Crippen molar-refractivity contribution in [2.45, 2.75) is 0 Å². The van der Waals surface area contributed by atoms with Gasteiger partial charge in [-0.1, -0.05) is 41.9 Å². The minimum Gasteiger partial charge on any atom is -0.506 e. The number of carbonyl (C=O) groups is 1. The molecule has 27 heavy (non-hydrogen) atoms. The molecule has 0 aliphatic heterocycles. The normalized spacial score (nSPS) is 11.0. The minimum atomic E-state index is -0.456. The van der Waals surface area contributed by atoms with E-state index in [0.717, 1.165) is 0 Å². The van der Waals surface area contributed by atoms with Gasteiger partial charge >= 0.3 is 0 Å². The number of rotatable bonds is 3. The number of halogens is 1. The van der Waals surface area contributed by atoms with Crippen LogP contribution in [-0.4, -0.2) is 20.4 Å². The van der Waals surface area contributed by atoms with E-state index in [1.807, 2.05) is 6.07 Å². The van der Waals surface area contributed by atoms with Gasteiger partial charge in [0.1, 0.15) is 11.3 Å². The number of carbonyl (C=O) groups excluding carboxylic acids is 1. The predicted molar refractivity (Wildman–Crippen MR) is 106 cm³/mol. The summed E-state index contributed by atoms with van der Waals surface area (Å²) in [6.07, 6.45) is 1.65. The van der Waals surface area contributed by atoms with Crippen molar-refractivity contribution in [3.63, 3.8) is 0 Å². The summed E-state index contributed by atoms with van der Waals surface area (Å²) in [4.78, 5) is 28.0. The molecule has 0 saturated heterocycles. The second kappa shape index (κ2) is 6.45. The van der Waals surface area contributed by atoms with Crippen molar-refractivity contribution in [2.75, 3.05) is 0 Å². The van der Waals surface area contributed by atoms with Crippen LogP contribution >= 0.6 is 11.6 Å². The van der Waals surface area contributed by atoms with Gasteiger partial charge in [-0.3, -0.25) is 9.59 Å². The molecule has 6 heteroatoms. The minimum absolute atomic E-state index is 0.111. The van der Waals surface area contributed by atoms with Crippen molar-refractivity contribution in [3.8, 4) is 17.0 Å². The average Bonchev–Trinajstić information content (AvgIpc) is 3.03.